The van der Waals surface area contributed by atoms with Gasteiger partial charge in [-0.2, -0.15) is 0 Å². The quantitative estimate of drug-likeness (QED) is 0.631. The first kappa shape index (κ1) is 9.72. The highest BCUT2D eigenvalue weighted by Gasteiger charge is 2.28. The fourth-order valence-corrected chi connectivity index (χ4v) is 1.07. The van der Waals surface area contributed by atoms with Crippen molar-refractivity contribution in [1.82, 2.24) is 0 Å². The summed E-state index contributed by atoms with van der Waals surface area (Å²) in [5.41, 5.74) is 5.51. The van der Waals surface area contributed by atoms with Crippen LogP contribution in [0.15, 0.2) is 0 Å². The highest BCUT2D eigenvalue weighted by Crippen LogP contribution is 2.28. The van der Waals surface area contributed by atoms with Gasteiger partial charge in [-0.3, -0.25) is 4.79 Å². The lowest BCUT2D eigenvalue weighted by atomic mass is 9.78. The minimum Gasteiger partial charge on any atom is -0.481 e. The fourth-order valence-electron chi connectivity index (χ4n) is 1.07. The summed E-state index contributed by atoms with van der Waals surface area (Å²) in [6, 6.07) is 0.154. The monoisotopic (exact) mass is 165 g/mol. The number of carboxylic acids is 1. The molecule has 0 heterocycles. The Kier molecular flexibility index (Phi) is 3.68. The second kappa shape index (κ2) is 3.78. The van der Waals surface area contributed by atoms with E-state index in [0.29, 0.717) is 0 Å². The van der Waals surface area contributed by atoms with E-state index in [-0.39, 0.29) is 30.8 Å². The van der Waals surface area contributed by atoms with Gasteiger partial charge in [-0.05, 0) is 18.8 Å². The van der Waals surface area contributed by atoms with Crippen molar-refractivity contribution in [3.63, 3.8) is 0 Å². The van der Waals surface area contributed by atoms with Crippen LogP contribution in [-0.2, 0) is 4.79 Å². The lowest BCUT2D eigenvalue weighted by Crippen LogP contribution is -2.40. The van der Waals surface area contributed by atoms with Gasteiger partial charge in [0.25, 0.3) is 0 Å². The lowest BCUT2D eigenvalue weighted by molar-refractivity contribution is -0.139. The van der Waals surface area contributed by atoms with Crippen molar-refractivity contribution in [2.75, 3.05) is 0 Å². The zero-order valence-electron chi connectivity index (χ0n) is 5.62. The molecule has 0 radical (unpaired) electrons. The Bertz CT molecular complexity index is 129. The fraction of sp³-hybridized carbons (Fsp3) is 0.833. The molecule has 3 N–H and O–H groups in total. The molecular formula is C6H12ClNO2. The largest absolute Gasteiger partial charge is 0.481 e. The molecule has 1 aliphatic rings. The number of carbonyl (C=O) groups is 1. The molecule has 1 saturated carbocycles. The van der Waals surface area contributed by atoms with E-state index in [0.717, 1.165) is 12.8 Å². The van der Waals surface area contributed by atoms with Gasteiger partial charge in [-0.25, -0.2) is 0 Å². The van der Waals surface area contributed by atoms with Gasteiger partial charge < -0.3 is 10.8 Å². The molecule has 2 unspecified atom stereocenters. The van der Waals surface area contributed by atoms with Crippen molar-refractivity contribution in [2.45, 2.75) is 25.3 Å². The zero-order valence-corrected chi connectivity index (χ0v) is 6.43. The molecular weight excluding hydrogens is 154 g/mol. The molecule has 0 aromatic heterocycles. The van der Waals surface area contributed by atoms with Crippen molar-refractivity contribution in [2.24, 2.45) is 11.7 Å². The number of rotatable bonds is 2. The summed E-state index contributed by atoms with van der Waals surface area (Å²) in [6.45, 7) is 0. The molecule has 0 aromatic carbocycles. The van der Waals surface area contributed by atoms with Crippen LogP contribution in [0.5, 0.6) is 0 Å². The Balaban J connectivity index is 0.000000810. The first-order chi connectivity index (χ1) is 4.20. The molecule has 4 heteroatoms. The number of halogens is 1. The summed E-state index contributed by atoms with van der Waals surface area (Å²) in [5, 5.41) is 8.31. The van der Waals surface area contributed by atoms with Crippen LogP contribution >= 0.6 is 12.4 Å². The maximum Gasteiger partial charge on any atom is 0.303 e. The number of carboxylic acid groups (broad SMARTS) is 1. The number of aliphatic carboxylic acids is 1. The van der Waals surface area contributed by atoms with E-state index >= 15 is 0 Å². The van der Waals surface area contributed by atoms with E-state index in [2.05, 4.69) is 0 Å². The highest BCUT2D eigenvalue weighted by atomic mass is 35.5. The molecule has 1 fully saturated rings. The Labute approximate surface area is 66.0 Å². The second-order valence-electron chi connectivity index (χ2n) is 2.60. The van der Waals surface area contributed by atoms with Crippen LogP contribution in [0.1, 0.15) is 19.3 Å². The van der Waals surface area contributed by atoms with Crippen LogP contribution in [0, 0.1) is 5.92 Å². The first-order valence-electron chi connectivity index (χ1n) is 3.17. The van der Waals surface area contributed by atoms with Gasteiger partial charge in [-0.15, -0.1) is 12.4 Å². The average molecular weight is 166 g/mol. The van der Waals surface area contributed by atoms with Gasteiger partial charge in [0.2, 0.25) is 0 Å². The van der Waals surface area contributed by atoms with Crippen LogP contribution in [0.2, 0.25) is 0 Å². The predicted molar refractivity (Wildman–Crippen MR) is 40.2 cm³/mol. The Morgan fingerprint density at radius 3 is 2.30 bits per heavy atom. The third-order valence-electron chi connectivity index (χ3n) is 1.91. The van der Waals surface area contributed by atoms with Gasteiger partial charge in [0.1, 0.15) is 0 Å². The van der Waals surface area contributed by atoms with E-state index in [1.165, 1.54) is 0 Å². The number of hydrogen-bond donors (Lipinski definition) is 2. The second-order valence-corrected chi connectivity index (χ2v) is 2.60. The van der Waals surface area contributed by atoms with Crippen molar-refractivity contribution < 1.29 is 9.90 Å². The Morgan fingerprint density at radius 1 is 1.60 bits per heavy atom. The molecule has 0 amide bonds. The van der Waals surface area contributed by atoms with E-state index < -0.39 is 5.97 Å². The maximum atomic E-state index is 10.1. The average Bonchev–Trinajstić information content (AvgIpc) is 1.79. The van der Waals surface area contributed by atoms with Crippen LogP contribution in [0.25, 0.3) is 0 Å². The van der Waals surface area contributed by atoms with Gasteiger partial charge in [0, 0.05) is 12.5 Å². The third-order valence-corrected chi connectivity index (χ3v) is 1.91. The van der Waals surface area contributed by atoms with E-state index in [4.69, 9.17) is 10.8 Å². The van der Waals surface area contributed by atoms with Crippen molar-refractivity contribution >= 4 is 18.4 Å². The van der Waals surface area contributed by atoms with Gasteiger partial charge in [0.05, 0.1) is 0 Å². The van der Waals surface area contributed by atoms with Crippen molar-refractivity contribution in [1.29, 1.82) is 0 Å². The molecule has 0 saturated heterocycles. The van der Waals surface area contributed by atoms with Crippen molar-refractivity contribution in [3.05, 3.63) is 0 Å². The molecule has 60 valence electrons. The zero-order chi connectivity index (χ0) is 6.85. The summed E-state index contributed by atoms with van der Waals surface area (Å²) in [6.07, 6.45) is 2.24. The van der Waals surface area contributed by atoms with Gasteiger partial charge in [0.15, 0.2) is 0 Å². The minimum absolute atomic E-state index is 0. The van der Waals surface area contributed by atoms with E-state index in [1.54, 1.807) is 0 Å². The standard InChI is InChI=1S/C6H11NO2.ClH/c7-5-2-1-4(5)3-6(8)9;/h4-5H,1-3,7H2,(H,8,9);1H. The first-order valence-corrected chi connectivity index (χ1v) is 3.17. The molecule has 1 rings (SSSR count). The summed E-state index contributed by atoms with van der Waals surface area (Å²) in [7, 11) is 0. The summed E-state index contributed by atoms with van der Waals surface area (Å²) in [4.78, 5) is 10.1. The SMILES string of the molecule is Cl.NC1CCC1CC(=O)O. The van der Waals surface area contributed by atoms with Crippen LogP contribution in [-0.4, -0.2) is 17.1 Å². The maximum absolute atomic E-state index is 10.1. The van der Waals surface area contributed by atoms with Crippen LogP contribution < -0.4 is 5.73 Å². The van der Waals surface area contributed by atoms with Crippen molar-refractivity contribution in [3.8, 4) is 0 Å². The summed E-state index contributed by atoms with van der Waals surface area (Å²) >= 11 is 0. The minimum atomic E-state index is -0.727. The normalized spacial score (nSPS) is 30.1. The van der Waals surface area contributed by atoms with Crippen LogP contribution in [0.4, 0.5) is 0 Å². The Morgan fingerprint density at radius 2 is 2.20 bits per heavy atom. The topological polar surface area (TPSA) is 63.3 Å². The predicted octanol–water partition coefficient (Wildman–Crippen LogP) is 0.620. The van der Waals surface area contributed by atoms with Crippen LogP contribution in [0.3, 0.4) is 0 Å². The molecule has 1 aliphatic carbocycles. The van der Waals surface area contributed by atoms with Gasteiger partial charge >= 0.3 is 5.97 Å². The smallest absolute Gasteiger partial charge is 0.303 e. The molecule has 0 bridgehead atoms. The van der Waals surface area contributed by atoms with Gasteiger partial charge in [-0.1, -0.05) is 0 Å². The molecule has 0 aliphatic heterocycles. The number of hydrogen-bond acceptors (Lipinski definition) is 2. The summed E-state index contributed by atoms with van der Waals surface area (Å²) < 4.78 is 0. The highest BCUT2D eigenvalue weighted by molar-refractivity contribution is 5.85. The van der Waals surface area contributed by atoms with E-state index in [1.807, 2.05) is 0 Å². The Hall–Kier alpha value is -0.280. The van der Waals surface area contributed by atoms with E-state index in [9.17, 15) is 4.79 Å². The molecule has 2 atom stereocenters. The third kappa shape index (κ3) is 2.15. The lowest BCUT2D eigenvalue weighted by Gasteiger charge is -2.31. The molecule has 0 aromatic rings. The molecule has 3 nitrogen and oxygen atoms in total. The summed E-state index contributed by atoms with van der Waals surface area (Å²) in [5.74, 6) is -0.474. The molecule has 10 heavy (non-hydrogen) atoms. The number of nitrogens with two attached hydrogens (primary N) is 1. The molecule has 0 spiro atoms.